The molecule has 0 amide bonds. The molecule has 0 saturated heterocycles. The summed E-state index contributed by atoms with van der Waals surface area (Å²) in [4.78, 5) is 0.0689. The molecule has 18 heavy (non-hydrogen) atoms. The average Bonchev–Trinajstić information content (AvgIpc) is 2.38. The summed E-state index contributed by atoms with van der Waals surface area (Å²) >= 11 is 0. The fraction of sp³-hybridized carbons (Fsp3) is 0.625. The molecule has 104 valence electrons. The van der Waals surface area contributed by atoms with Crippen molar-refractivity contribution in [1.29, 1.82) is 0 Å². The minimum atomic E-state index is -3.78. The lowest BCUT2D eigenvalue weighted by atomic mass is 10.4. The van der Waals surface area contributed by atoms with Gasteiger partial charge >= 0.3 is 0 Å². The van der Waals surface area contributed by atoms with Gasteiger partial charge in [-0.15, -0.1) is 0 Å². The Morgan fingerprint density at radius 2 is 1.83 bits per heavy atom. The van der Waals surface area contributed by atoms with E-state index in [1.54, 1.807) is 20.9 Å². The molecule has 0 radical (unpaired) electrons. The highest BCUT2D eigenvalue weighted by atomic mass is 32.2. The van der Waals surface area contributed by atoms with Crippen LogP contribution in [-0.4, -0.2) is 38.9 Å². The van der Waals surface area contributed by atoms with E-state index < -0.39 is 25.8 Å². The molecule has 1 aromatic rings. The van der Waals surface area contributed by atoms with E-state index in [2.05, 4.69) is 9.82 Å². The topological polar surface area (TPSA) is 124 Å². The first-order valence-electron chi connectivity index (χ1n) is 5.05. The van der Waals surface area contributed by atoms with E-state index in [1.165, 1.54) is 4.68 Å². The standard InChI is InChI=1S/C8H16N4O4S2/c1-6-8(7(2)12(3)11-6)18(15,16)10-4-5-17(9,13)14/h10H,4-5H2,1-3H3,(H2,9,13,14). The number of primary sulfonamides is 1. The van der Waals surface area contributed by atoms with Crippen LogP contribution in [0, 0.1) is 13.8 Å². The average molecular weight is 296 g/mol. The summed E-state index contributed by atoms with van der Waals surface area (Å²) in [5.74, 6) is -0.454. The molecule has 0 aliphatic heterocycles. The maximum atomic E-state index is 12.0. The van der Waals surface area contributed by atoms with E-state index in [-0.39, 0.29) is 11.4 Å². The van der Waals surface area contributed by atoms with Crippen molar-refractivity contribution >= 4 is 20.0 Å². The summed E-state index contributed by atoms with van der Waals surface area (Å²) in [7, 11) is -5.84. The third-order valence-corrected chi connectivity index (χ3v) is 4.88. The molecular formula is C8H16N4O4S2. The van der Waals surface area contributed by atoms with Crippen LogP contribution in [0.2, 0.25) is 0 Å². The number of hydrogen-bond donors (Lipinski definition) is 2. The summed E-state index contributed by atoms with van der Waals surface area (Å²) in [5, 5.41) is 8.78. The molecule has 10 heteroatoms. The van der Waals surface area contributed by atoms with Gasteiger partial charge in [-0.2, -0.15) is 5.10 Å². The van der Waals surface area contributed by atoms with Crippen molar-refractivity contribution in [2.75, 3.05) is 12.3 Å². The smallest absolute Gasteiger partial charge is 0.244 e. The van der Waals surface area contributed by atoms with Crippen molar-refractivity contribution in [2.45, 2.75) is 18.7 Å². The van der Waals surface area contributed by atoms with Crippen LogP contribution < -0.4 is 9.86 Å². The molecule has 0 atom stereocenters. The van der Waals surface area contributed by atoms with Crippen LogP contribution >= 0.6 is 0 Å². The zero-order valence-electron chi connectivity index (χ0n) is 10.3. The van der Waals surface area contributed by atoms with Crippen molar-refractivity contribution in [2.24, 2.45) is 12.2 Å². The van der Waals surface area contributed by atoms with Gasteiger partial charge in [-0.3, -0.25) is 4.68 Å². The SMILES string of the molecule is Cc1nn(C)c(C)c1S(=O)(=O)NCCS(N)(=O)=O. The Morgan fingerprint density at radius 1 is 1.28 bits per heavy atom. The van der Waals surface area contributed by atoms with Gasteiger partial charge in [0.25, 0.3) is 0 Å². The number of aryl methyl sites for hydroxylation is 2. The fourth-order valence-electron chi connectivity index (χ4n) is 1.53. The Morgan fingerprint density at radius 3 is 2.22 bits per heavy atom. The van der Waals surface area contributed by atoms with E-state index in [0.29, 0.717) is 11.4 Å². The van der Waals surface area contributed by atoms with Gasteiger partial charge in [0.15, 0.2) is 0 Å². The third-order valence-electron chi connectivity index (χ3n) is 2.39. The highest BCUT2D eigenvalue weighted by Crippen LogP contribution is 2.17. The van der Waals surface area contributed by atoms with Gasteiger partial charge in [0.2, 0.25) is 20.0 Å². The molecule has 0 aliphatic carbocycles. The van der Waals surface area contributed by atoms with E-state index in [4.69, 9.17) is 5.14 Å². The second-order valence-electron chi connectivity index (χ2n) is 3.89. The van der Waals surface area contributed by atoms with Gasteiger partial charge in [-0.05, 0) is 13.8 Å². The van der Waals surface area contributed by atoms with Crippen molar-refractivity contribution in [1.82, 2.24) is 14.5 Å². The Labute approximate surface area is 106 Å². The molecule has 0 saturated carbocycles. The van der Waals surface area contributed by atoms with Crippen molar-refractivity contribution in [3.8, 4) is 0 Å². The molecule has 1 heterocycles. The van der Waals surface area contributed by atoms with Crippen LogP contribution in [0.15, 0.2) is 4.90 Å². The third kappa shape index (κ3) is 3.51. The predicted molar refractivity (Wildman–Crippen MR) is 65.8 cm³/mol. The predicted octanol–water partition coefficient (Wildman–Crippen LogP) is -1.40. The summed E-state index contributed by atoms with van der Waals surface area (Å²) in [6, 6.07) is 0. The van der Waals surface area contributed by atoms with Crippen molar-refractivity contribution < 1.29 is 16.8 Å². The number of rotatable bonds is 5. The second kappa shape index (κ2) is 4.96. The van der Waals surface area contributed by atoms with Crippen LogP contribution in [0.4, 0.5) is 0 Å². The van der Waals surface area contributed by atoms with Gasteiger partial charge in [0.1, 0.15) is 4.90 Å². The minimum Gasteiger partial charge on any atom is -0.271 e. The van der Waals surface area contributed by atoms with Gasteiger partial charge in [0, 0.05) is 13.6 Å². The van der Waals surface area contributed by atoms with Gasteiger partial charge in [-0.1, -0.05) is 0 Å². The van der Waals surface area contributed by atoms with Crippen LogP contribution in [0.25, 0.3) is 0 Å². The quantitative estimate of drug-likeness (QED) is 0.691. The number of nitrogens with one attached hydrogen (secondary N) is 1. The first-order chi connectivity index (χ1) is 8.04. The number of hydrogen-bond acceptors (Lipinski definition) is 5. The molecule has 0 spiro atoms. The molecule has 0 unspecified atom stereocenters. The lowest BCUT2D eigenvalue weighted by molar-refractivity contribution is 0.580. The summed E-state index contributed by atoms with van der Waals surface area (Å²) in [5.41, 5.74) is 0.841. The van der Waals surface area contributed by atoms with Crippen LogP contribution in [-0.2, 0) is 27.1 Å². The Bertz CT molecular complexity index is 645. The molecule has 0 aromatic carbocycles. The lowest BCUT2D eigenvalue weighted by Gasteiger charge is -2.06. The zero-order chi connectivity index (χ0) is 14.1. The van der Waals surface area contributed by atoms with E-state index >= 15 is 0 Å². The normalized spacial score (nSPS) is 12.9. The highest BCUT2D eigenvalue weighted by Gasteiger charge is 2.23. The molecule has 8 nitrogen and oxygen atoms in total. The minimum absolute atomic E-state index is 0.0689. The molecule has 1 aromatic heterocycles. The van der Waals surface area contributed by atoms with Crippen molar-refractivity contribution in [3.05, 3.63) is 11.4 Å². The summed E-state index contributed by atoms with van der Waals surface area (Å²) in [6.07, 6.45) is 0. The van der Waals surface area contributed by atoms with Crippen molar-refractivity contribution in [3.63, 3.8) is 0 Å². The van der Waals surface area contributed by atoms with Gasteiger partial charge in [-0.25, -0.2) is 26.7 Å². The number of sulfonamides is 2. The van der Waals surface area contributed by atoms with Gasteiger partial charge in [0.05, 0.1) is 17.1 Å². The number of nitrogens with zero attached hydrogens (tertiary/aromatic N) is 2. The first-order valence-corrected chi connectivity index (χ1v) is 8.25. The molecule has 0 fully saturated rings. The number of nitrogens with two attached hydrogens (primary N) is 1. The summed E-state index contributed by atoms with van der Waals surface area (Å²) < 4.78 is 49.0. The van der Waals surface area contributed by atoms with E-state index in [1.807, 2.05) is 0 Å². The number of aromatic nitrogens is 2. The Hall–Kier alpha value is -0.970. The van der Waals surface area contributed by atoms with E-state index in [0.717, 1.165) is 0 Å². The zero-order valence-corrected chi connectivity index (χ0v) is 12.0. The molecule has 0 aliphatic rings. The van der Waals surface area contributed by atoms with Crippen LogP contribution in [0.3, 0.4) is 0 Å². The molecule has 1 rings (SSSR count). The van der Waals surface area contributed by atoms with Crippen LogP contribution in [0.1, 0.15) is 11.4 Å². The Balaban J connectivity index is 2.94. The summed E-state index contributed by atoms with van der Waals surface area (Å²) in [6.45, 7) is 2.92. The molecular weight excluding hydrogens is 280 g/mol. The molecule has 3 N–H and O–H groups in total. The van der Waals surface area contributed by atoms with E-state index in [9.17, 15) is 16.8 Å². The Kier molecular flexibility index (Phi) is 4.15. The lowest BCUT2D eigenvalue weighted by Crippen LogP contribution is -2.32. The monoisotopic (exact) mass is 296 g/mol. The molecule has 0 bridgehead atoms. The second-order valence-corrected chi connectivity index (χ2v) is 7.33. The van der Waals surface area contributed by atoms with Crippen LogP contribution in [0.5, 0.6) is 0 Å². The maximum Gasteiger partial charge on any atom is 0.244 e. The largest absolute Gasteiger partial charge is 0.271 e. The maximum absolute atomic E-state index is 12.0. The highest BCUT2D eigenvalue weighted by molar-refractivity contribution is 7.90. The first kappa shape index (κ1) is 15.1. The van der Waals surface area contributed by atoms with Gasteiger partial charge < -0.3 is 0 Å². The fourth-order valence-corrected chi connectivity index (χ4v) is 3.52.